The number of allylic oxidation sites excluding steroid dienone is 8. The fourth-order valence-electron chi connectivity index (χ4n) is 14.5. The third kappa shape index (κ3) is 143. The Hall–Kier alpha value is 0.187. The molecule has 0 aliphatic carbocycles. The summed E-state index contributed by atoms with van der Waals surface area (Å²) in [7, 11) is 0. The first kappa shape index (κ1) is 139. The van der Waals surface area contributed by atoms with E-state index in [0.717, 1.165) is 51.4 Å². The first-order chi connectivity index (χ1) is 57.2. The predicted molar refractivity (Wildman–Crippen MR) is 557 cm³/mol. The van der Waals surface area contributed by atoms with Crippen molar-refractivity contribution in [2.75, 3.05) is 49.4 Å². The number of esters is 4. The Morgan fingerprint density at radius 1 is 0.182 bits per heavy atom. The van der Waals surface area contributed by atoms with Crippen LogP contribution in [0, 0.1) is 0 Å². The number of hydrogen-bond acceptors (Lipinski definition) is 12. The van der Waals surface area contributed by atoms with E-state index in [-0.39, 0.29) is 100 Å². The summed E-state index contributed by atoms with van der Waals surface area (Å²) >= 11 is 19.0. The van der Waals surface area contributed by atoms with Gasteiger partial charge in [-0.1, -0.05) is 451 Å². The summed E-state index contributed by atoms with van der Waals surface area (Å²) < 4.78 is 20.0. The van der Waals surface area contributed by atoms with Crippen LogP contribution in [-0.2, 0) is 88.6 Å². The molecule has 4 radical (unpaired) electrons. The summed E-state index contributed by atoms with van der Waals surface area (Å²) in [4.78, 5) is 45.3. The number of rotatable bonds is 92. The first-order valence-corrected chi connectivity index (χ1v) is 53.1. The van der Waals surface area contributed by atoms with Crippen LogP contribution in [0.3, 0.4) is 0 Å². The van der Waals surface area contributed by atoms with Crippen LogP contribution in [0.15, 0.2) is 48.6 Å². The average Bonchev–Trinajstić information content (AvgIpc) is 1.07. The van der Waals surface area contributed by atoms with Gasteiger partial charge in [-0.25, -0.2) is 0 Å². The number of unbranched alkanes of at least 4 members (excludes halogenated alkanes) is 68. The zero-order valence-electron chi connectivity index (χ0n) is 79.2. The summed E-state index contributed by atoms with van der Waals surface area (Å²) in [5, 5.41) is 0. The van der Waals surface area contributed by atoms with Gasteiger partial charge in [0.1, 0.15) is 0 Å². The summed E-state index contributed by atoms with van der Waals surface area (Å²) in [6.07, 6.45) is 123. The zero-order valence-corrected chi connectivity index (χ0v) is 89.2. The quantitative estimate of drug-likeness (QED) is 0.0145. The molecule has 0 N–H and O–H groups in total. The summed E-state index contributed by atoms with van der Waals surface area (Å²) in [5.41, 5.74) is 0. The fraction of sp³-hybridized carbons (Fsp3) is 0.887. The van der Waals surface area contributed by atoms with E-state index in [2.05, 4.69) is 76.3 Å². The van der Waals surface area contributed by atoms with E-state index >= 15 is 0 Å². The van der Waals surface area contributed by atoms with Gasteiger partial charge in [0.2, 0.25) is 0 Å². The van der Waals surface area contributed by atoms with Crippen LogP contribution in [0.2, 0.25) is 0 Å². The van der Waals surface area contributed by atoms with Gasteiger partial charge in [0.05, 0.1) is 26.4 Å². The van der Waals surface area contributed by atoms with E-state index in [0.29, 0.717) is 75.1 Å². The maximum atomic E-state index is 11.3. The van der Waals surface area contributed by atoms with Gasteiger partial charge in [-0.05, 0) is 128 Å². The van der Waals surface area contributed by atoms with Gasteiger partial charge < -0.3 is 69.5 Å². The van der Waals surface area contributed by atoms with Crippen molar-refractivity contribution in [2.45, 2.75) is 556 Å². The van der Waals surface area contributed by atoms with Crippen molar-refractivity contribution in [3.8, 4) is 0 Å². The second-order valence-corrected chi connectivity index (χ2v) is 35.2. The molecule has 0 saturated carbocycles. The Morgan fingerprint density at radius 2 is 0.281 bits per heavy atom. The molecule has 15 heteroatoms. The molecular weight excluding hydrogens is 1800 g/mol. The van der Waals surface area contributed by atoms with E-state index in [1.165, 1.54) is 437 Å². The van der Waals surface area contributed by atoms with Crippen LogP contribution in [0.4, 0.5) is 0 Å². The Balaban J connectivity index is -0.000000195. The molecule has 0 aromatic carbocycles. The van der Waals surface area contributed by atoms with Crippen molar-refractivity contribution in [1.82, 2.24) is 0 Å². The first-order valence-electron chi connectivity index (χ1n) is 50.8. The number of ether oxygens (including phenoxy) is 4. The zero-order chi connectivity index (χ0) is 85.0. The molecule has 0 fully saturated rings. The topological polar surface area (TPSA) is 105 Å². The molecule has 716 valence electrons. The number of carbonyl (C=O) groups excluding carboxylic acids is 4. The molecule has 121 heavy (non-hydrogen) atoms. The Morgan fingerprint density at radius 3 is 0.388 bits per heavy atom. The normalized spacial score (nSPS) is 10.9. The van der Waals surface area contributed by atoms with E-state index in [1.54, 1.807) is 0 Å². The molecule has 0 heterocycles. The van der Waals surface area contributed by atoms with Crippen molar-refractivity contribution in [3.63, 3.8) is 0 Å². The summed E-state index contributed by atoms with van der Waals surface area (Å²) in [6, 6.07) is 0. The van der Waals surface area contributed by atoms with Crippen LogP contribution in [0.25, 0.3) is 0 Å². The van der Waals surface area contributed by atoms with Crippen molar-refractivity contribution >= 4 is 136 Å². The second-order valence-electron chi connectivity index (χ2n) is 33.5. The Kier molecular flexibility index (Phi) is 156. The van der Waals surface area contributed by atoms with Crippen molar-refractivity contribution in [3.05, 3.63) is 48.6 Å². The van der Waals surface area contributed by atoms with Gasteiger partial charge in [-0.2, -0.15) is 13.5 Å². The molecule has 0 unspecified atom stereocenters. The van der Waals surface area contributed by atoms with Crippen molar-refractivity contribution in [2.24, 2.45) is 0 Å². The molecule has 0 aliphatic rings. The third-order valence-corrected chi connectivity index (χ3v) is 22.6. The van der Waals surface area contributed by atoms with Crippen LogP contribution in [0.1, 0.15) is 556 Å². The molecule has 8 nitrogen and oxygen atoms in total. The molecule has 0 saturated heterocycles. The molecule has 0 aromatic rings. The second kappa shape index (κ2) is 136. The number of hydrogen-bond donors (Lipinski definition) is 0. The van der Waals surface area contributed by atoms with Gasteiger partial charge in [0, 0.05) is 25.7 Å². The monoisotopic (exact) mass is 2010 g/mol. The van der Waals surface area contributed by atoms with E-state index < -0.39 is 0 Å². The molecule has 0 bridgehead atoms. The van der Waals surface area contributed by atoms with E-state index in [9.17, 15) is 19.2 Å². The van der Waals surface area contributed by atoms with Crippen molar-refractivity contribution < 1.29 is 38.1 Å². The SMILES string of the molecule is C.C.CCCCCC/C=C/CCCCCCCCCCCCCCCC(=O)OCC[S-].CCCCCC/C=C/CCCCCCCCCCCCCCCC(=O)OCC[S-].CCCCCC/C=C/CCCCCCCCCCCCCCCC(=O)OCC[S-].CCCCCC/C=C/CCCCCCCCCCCCCCCC(=O)OCC[S-].S.[Sn+2].[Sn+2]. The van der Waals surface area contributed by atoms with Crippen LogP contribution in [0.5, 0.6) is 0 Å². The molecule has 0 spiro atoms. The standard InChI is InChI=1S/4C26H50O2S.2CH4.H2S.2Sn/c4*1-2-3-4-5-6-7-8-9-10-11-12-13-14-15-16-17-18-19-20-21-22-23-26(27)28-24-25-29;;;;;/h4*7-8,29H,2-6,9-25H2,1H3;2*1H4;1H2;;/q;;;;;;;2*+2/p-4/b4*8-7+;;;;;. The van der Waals surface area contributed by atoms with Crippen LogP contribution < -0.4 is 0 Å². The number of carbonyl (C=O) groups is 4. The van der Waals surface area contributed by atoms with Crippen molar-refractivity contribution in [1.29, 1.82) is 0 Å². The molecule has 0 atom stereocenters. The van der Waals surface area contributed by atoms with Crippen LogP contribution >= 0.6 is 13.5 Å². The fourth-order valence-corrected chi connectivity index (χ4v) is 14.8. The molecule has 0 rings (SSSR count). The molecule has 0 aliphatic heterocycles. The molecule has 0 amide bonds. The van der Waals surface area contributed by atoms with E-state index in [4.69, 9.17) is 69.5 Å². The molecular formula is C106H206O8S5Sn2. The maximum Gasteiger partial charge on any atom is 2.00 e. The minimum absolute atomic E-state index is 0. The minimum atomic E-state index is -0.0795. The van der Waals surface area contributed by atoms with Gasteiger partial charge in [0.15, 0.2) is 0 Å². The van der Waals surface area contributed by atoms with Gasteiger partial charge in [0.25, 0.3) is 0 Å². The Bertz CT molecular complexity index is 1710. The van der Waals surface area contributed by atoms with Gasteiger partial charge in [-0.15, -0.1) is 23.0 Å². The van der Waals surface area contributed by atoms with Crippen LogP contribution in [-0.4, -0.2) is 121 Å². The maximum absolute atomic E-state index is 11.3. The summed E-state index contributed by atoms with van der Waals surface area (Å²) in [5.74, 6) is 1.69. The largest absolute Gasteiger partial charge is 2.00 e. The third-order valence-electron chi connectivity index (χ3n) is 22.0. The Labute approximate surface area is 820 Å². The average molecular weight is 2010 g/mol. The smallest absolute Gasteiger partial charge is 0.789 e. The predicted octanol–water partition coefficient (Wildman–Crippen LogP) is 34.4. The van der Waals surface area contributed by atoms with Gasteiger partial charge in [-0.3, -0.25) is 19.2 Å². The van der Waals surface area contributed by atoms with E-state index in [1.807, 2.05) is 0 Å². The molecule has 0 aromatic heterocycles. The summed E-state index contributed by atoms with van der Waals surface area (Å²) in [6.45, 7) is 10.7. The minimum Gasteiger partial charge on any atom is -0.789 e. The van der Waals surface area contributed by atoms with Gasteiger partial charge >= 0.3 is 71.7 Å².